The average molecular weight is 520 g/mol. The van der Waals surface area contributed by atoms with Crippen molar-refractivity contribution < 1.29 is 19.1 Å². The van der Waals surface area contributed by atoms with E-state index in [1.807, 2.05) is 21.9 Å². The first-order chi connectivity index (χ1) is 18.2. The summed E-state index contributed by atoms with van der Waals surface area (Å²) in [6.45, 7) is 5.98. The number of anilines is 1. The van der Waals surface area contributed by atoms with Gasteiger partial charge in [-0.15, -0.1) is 0 Å². The summed E-state index contributed by atoms with van der Waals surface area (Å²) >= 11 is 0. The van der Waals surface area contributed by atoms with Crippen LogP contribution in [-0.2, 0) is 10.2 Å². The molecule has 1 aliphatic carbocycles. The minimum absolute atomic E-state index is 0.0454. The first kappa shape index (κ1) is 24.8. The van der Waals surface area contributed by atoms with Crippen molar-refractivity contribution in [3.05, 3.63) is 47.5 Å². The highest BCUT2D eigenvalue weighted by Crippen LogP contribution is 2.47. The van der Waals surface area contributed by atoms with Gasteiger partial charge in [-0.1, -0.05) is 19.8 Å². The van der Waals surface area contributed by atoms with E-state index in [4.69, 9.17) is 10.1 Å². The number of rotatable bonds is 5. The standard InChI is InChI=1S/C29H34FN5O3/c1-18-6-4-3-5-12-34(18)27(36)24-15-25(29(2)10-11-29)35-26(31-24)16-23(32-35)21-8-7-20(14-22(21)30)33-13-9-19(17-33)28(37)38/h7-8,14-16,18-19H,3-6,9-13,17H2,1-2H3,(H,37,38)/t18-,19+/m1/s1. The fourth-order valence-electron chi connectivity index (χ4n) is 5.92. The molecule has 2 aliphatic heterocycles. The Bertz CT molecular complexity index is 1410. The molecular formula is C29H34FN5O3. The second-order valence-electron chi connectivity index (χ2n) is 11.5. The van der Waals surface area contributed by atoms with E-state index in [9.17, 15) is 14.7 Å². The number of hydrogen-bond acceptors (Lipinski definition) is 5. The molecule has 2 atom stereocenters. The molecule has 3 fully saturated rings. The van der Waals surface area contributed by atoms with Crippen LogP contribution < -0.4 is 4.90 Å². The van der Waals surface area contributed by atoms with Gasteiger partial charge in [0, 0.05) is 48.4 Å². The number of hydrogen-bond donors (Lipinski definition) is 1. The van der Waals surface area contributed by atoms with Crippen molar-refractivity contribution in [2.45, 2.75) is 70.3 Å². The number of aromatic nitrogens is 3. The minimum atomic E-state index is -0.815. The third kappa shape index (κ3) is 4.41. The molecule has 4 heterocycles. The third-order valence-electron chi connectivity index (χ3n) is 8.71. The zero-order valence-corrected chi connectivity index (χ0v) is 22.0. The second-order valence-corrected chi connectivity index (χ2v) is 11.5. The van der Waals surface area contributed by atoms with E-state index in [-0.39, 0.29) is 17.4 Å². The van der Waals surface area contributed by atoms with Crippen molar-refractivity contribution in [3.8, 4) is 11.3 Å². The van der Waals surface area contributed by atoms with Gasteiger partial charge in [0.15, 0.2) is 5.65 Å². The lowest BCUT2D eigenvalue weighted by molar-refractivity contribution is -0.140. The minimum Gasteiger partial charge on any atom is -0.481 e. The maximum absolute atomic E-state index is 15.4. The van der Waals surface area contributed by atoms with Gasteiger partial charge in [0.25, 0.3) is 5.91 Å². The molecule has 1 aromatic carbocycles. The fraction of sp³-hybridized carbons (Fsp3) is 0.517. The predicted octanol–water partition coefficient (Wildman–Crippen LogP) is 4.90. The number of carbonyl (C=O) groups is 2. The van der Waals surface area contributed by atoms with Gasteiger partial charge in [0.2, 0.25) is 0 Å². The summed E-state index contributed by atoms with van der Waals surface area (Å²) in [5.41, 5.74) is 3.32. The number of carbonyl (C=O) groups excluding carboxylic acids is 1. The largest absolute Gasteiger partial charge is 0.481 e. The lowest BCUT2D eigenvalue weighted by atomic mass is 10.0. The highest BCUT2D eigenvalue weighted by molar-refractivity contribution is 5.93. The Morgan fingerprint density at radius 2 is 1.89 bits per heavy atom. The monoisotopic (exact) mass is 519 g/mol. The van der Waals surface area contributed by atoms with Crippen molar-refractivity contribution in [1.29, 1.82) is 0 Å². The van der Waals surface area contributed by atoms with E-state index in [0.717, 1.165) is 50.8 Å². The molecule has 1 N–H and O–H groups in total. The van der Waals surface area contributed by atoms with Crippen molar-refractivity contribution in [1.82, 2.24) is 19.5 Å². The van der Waals surface area contributed by atoms with Crippen LogP contribution in [0.4, 0.5) is 10.1 Å². The number of halogens is 1. The molecule has 0 bridgehead atoms. The second kappa shape index (κ2) is 9.36. The number of carboxylic acids is 1. The quantitative estimate of drug-likeness (QED) is 0.516. The van der Waals surface area contributed by atoms with E-state index in [1.54, 1.807) is 16.6 Å². The Kier molecular flexibility index (Phi) is 6.12. The average Bonchev–Trinajstić information content (AvgIpc) is 3.32. The molecule has 1 saturated carbocycles. The molecule has 2 aromatic heterocycles. The molecule has 0 radical (unpaired) electrons. The number of fused-ring (bicyclic) bond motifs is 1. The Labute approximate surface area is 221 Å². The van der Waals surface area contributed by atoms with Gasteiger partial charge < -0.3 is 14.9 Å². The summed E-state index contributed by atoms with van der Waals surface area (Å²) in [7, 11) is 0. The van der Waals surface area contributed by atoms with Gasteiger partial charge in [-0.2, -0.15) is 5.10 Å². The number of aliphatic carboxylic acids is 1. The Morgan fingerprint density at radius 1 is 1.08 bits per heavy atom. The molecule has 1 amide bonds. The SMILES string of the molecule is C[C@@H]1CCCCCN1C(=O)c1cc(C2(C)CC2)n2nc(-c3ccc(N4CC[C@H](C(=O)O)C4)cc3F)cc2n1. The van der Waals surface area contributed by atoms with E-state index in [0.29, 0.717) is 47.8 Å². The highest BCUT2D eigenvalue weighted by atomic mass is 19.1. The molecule has 8 nitrogen and oxygen atoms in total. The highest BCUT2D eigenvalue weighted by Gasteiger charge is 2.42. The summed E-state index contributed by atoms with van der Waals surface area (Å²) < 4.78 is 17.2. The van der Waals surface area contributed by atoms with Gasteiger partial charge >= 0.3 is 5.97 Å². The molecule has 6 rings (SSSR count). The zero-order valence-electron chi connectivity index (χ0n) is 22.0. The Morgan fingerprint density at radius 3 is 2.61 bits per heavy atom. The smallest absolute Gasteiger partial charge is 0.308 e. The van der Waals surface area contributed by atoms with Crippen molar-refractivity contribution in [2.24, 2.45) is 5.92 Å². The van der Waals surface area contributed by atoms with Crippen LogP contribution >= 0.6 is 0 Å². The Hall–Kier alpha value is -3.49. The van der Waals surface area contributed by atoms with Crippen LogP contribution in [0, 0.1) is 11.7 Å². The third-order valence-corrected chi connectivity index (χ3v) is 8.71. The van der Waals surface area contributed by atoms with E-state index < -0.39 is 17.7 Å². The van der Waals surface area contributed by atoms with Crippen LogP contribution in [0.15, 0.2) is 30.3 Å². The number of likely N-dealkylation sites (tertiary alicyclic amines) is 1. The van der Waals surface area contributed by atoms with Crippen LogP contribution in [0.1, 0.15) is 75.0 Å². The fourth-order valence-corrected chi connectivity index (χ4v) is 5.92. The maximum Gasteiger partial charge on any atom is 0.308 e. The molecule has 3 aromatic rings. The van der Waals surface area contributed by atoms with Gasteiger partial charge in [-0.3, -0.25) is 9.59 Å². The van der Waals surface area contributed by atoms with E-state index >= 15 is 4.39 Å². The maximum atomic E-state index is 15.4. The molecule has 38 heavy (non-hydrogen) atoms. The predicted molar refractivity (Wildman–Crippen MR) is 142 cm³/mol. The van der Waals surface area contributed by atoms with Crippen LogP contribution in [0.2, 0.25) is 0 Å². The summed E-state index contributed by atoms with van der Waals surface area (Å²) in [5, 5.41) is 14.0. The van der Waals surface area contributed by atoms with Crippen LogP contribution in [-0.4, -0.2) is 62.2 Å². The molecule has 3 aliphatic rings. The molecule has 200 valence electrons. The number of nitrogens with zero attached hydrogens (tertiary/aromatic N) is 5. The van der Waals surface area contributed by atoms with E-state index in [2.05, 4.69) is 13.8 Å². The lowest BCUT2D eigenvalue weighted by Gasteiger charge is -2.27. The van der Waals surface area contributed by atoms with Crippen molar-refractivity contribution >= 4 is 23.2 Å². The summed E-state index contributed by atoms with van der Waals surface area (Å²) in [5.74, 6) is -1.71. The zero-order chi connectivity index (χ0) is 26.6. The normalized spacial score (nSPS) is 23.0. The van der Waals surface area contributed by atoms with E-state index in [1.165, 1.54) is 6.07 Å². The van der Waals surface area contributed by atoms with Gasteiger partial charge in [-0.05, 0) is 63.3 Å². The number of amides is 1. The Balaban J connectivity index is 1.35. The van der Waals surface area contributed by atoms with Gasteiger partial charge in [-0.25, -0.2) is 13.9 Å². The first-order valence-corrected chi connectivity index (χ1v) is 13.7. The lowest BCUT2D eigenvalue weighted by Crippen LogP contribution is -2.39. The molecular weight excluding hydrogens is 485 g/mol. The van der Waals surface area contributed by atoms with Crippen molar-refractivity contribution in [3.63, 3.8) is 0 Å². The van der Waals surface area contributed by atoms with Gasteiger partial charge in [0.05, 0.1) is 17.3 Å². The van der Waals surface area contributed by atoms with Gasteiger partial charge in [0.1, 0.15) is 11.5 Å². The molecule has 2 saturated heterocycles. The molecule has 9 heteroatoms. The summed E-state index contributed by atoms with van der Waals surface area (Å²) in [6, 6.07) is 8.80. The molecule has 0 spiro atoms. The van der Waals surface area contributed by atoms with Crippen LogP contribution in [0.25, 0.3) is 16.9 Å². The molecule has 0 unspecified atom stereocenters. The van der Waals surface area contributed by atoms with Crippen LogP contribution in [0.5, 0.6) is 0 Å². The van der Waals surface area contributed by atoms with Crippen LogP contribution in [0.3, 0.4) is 0 Å². The first-order valence-electron chi connectivity index (χ1n) is 13.7. The van der Waals surface area contributed by atoms with Crippen molar-refractivity contribution in [2.75, 3.05) is 24.5 Å². The number of carboxylic acid groups (broad SMARTS) is 1. The summed E-state index contributed by atoms with van der Waals surface area (Å²) in [4.78, 5) is 33.5. The number of benzene rings is 1. The topological polar surface area (TPSA) is 91.0 Å². The summed E-state index contributed by atoms with van der Waals surface area (Å²) in [6.07, 6.45) is 6.84.